The Hall–Kier alpha value is -1.98. The Kier molecular flexibility index (Phi) is 7.34. The zero-order chi connectivity index (χ0) is 18.2. The number of nitrogens with one attached hydrogen (secondary N) is 1. The molecule has 0 spiro atoms. The van der Waals surface area contributed by atoms with E-state index in [1.54, 1.807) is 24.3 Å². The molecule has 2 rings (SSSR count). The summed E-state index contributed by atoms with van der Waals surface area (Å²) in [6.45, 7) is 4.26. The van der Waals surface area contributed by atoms with E-state index in [-0.39, 0.29) is 30.0 Å². The van der Waals surface area contributed by atoms with Crippen molar-refractivity contribution < 1.29 is 14.3 Å². The lowest BCUT2D eigenvalue weighted by atomic mass is 10.1. The number of ether oxygens (including phenoxy) is 1. The van der Waals surface area contributed by atoms with Gasteiger partial charge in [-0.05, 0) is 43.7 Å². The summed E-state index contributed by atoms with van der Waals surface area (Å²) in [5.41, 5.74) is 3.92. The van der Waals surface area contributed by atoms with Crippen molar-refractivity contribution in [2.45, 2.75) is 20.5 Å². The third-order valence-corrected chi connectivity index (χ3v) is 4.42. The van der Waals surface area contributed by atoms with E-state index in [0.717, 1.165) is 16.7 Å². The van der Waals surface area contributed by atoms with Gasteiger partial charge in [0.05, 0.1) is 11.5 Å². The van der Waals surface area contributed by atoms with Crippen LogP contribution in [0.3, 0.4) is 0 Å². The van der Waals surface area contributed by atoms with Crippen LogP contribution in [0, 0.1) is 13.8 Å². The number of anilines is 1. The maximum absolute atomic E-state index is 11.8. The highest BCUT2D eigenvalue weighted by atomic mass is 35.5. The number of hydrogen-bond acceptors (Lipinski definition) is 4. The highest BCUT2D eigenvalue weighted by Crippen LogP contribution is 2.14. The van der Waals surface area contributed by atoms with E-state index < -0.39 is 0 Å². The normalized spacial score (nSPS) is 10.4. The van der Waals surface area contributed by atoms with Crippen LogP contribution in [0.5, 0.6) is 0 Å². The van der Waals surface area contributed by atoms with E-state index in [1.165, 1.54) is 11.8 Å². The number of rotatable bonds is 7. The van der Waals surface area contributed by atoms with E-state index in [1.807, 2.05) is 26.0 Å². The maximum atomic E-state index is 11.8. The molecule has 0 aromatic heterocycles. The van der Waals surface area contributed by atoms with Crippen LogP contribution < -0.4 is 5.32 Å². The molecule has 0 bridgehead atoms. The Morgan fingerprint density at radius 2 is 1.68 bits per heavy atom. The first kappa shape index (κ1) is 19.3. The molecule has 0 saturated carbocycles. The van der Waals surface area contributed by atoms with Crippen LogP contribution in [0.15, 0.2) is 42.5 Å². The number of esters is 1. The molecule has 4 nitrogen and oxygen atoms in total. The van der Waals surface area contributed by atoms with Crippen LogP contribution in [0.1, 0.15) is 16.7 Å². The molecule has 0 aliphatic heterocycles. The Labute approximate surface area is 156 Å². The summed E-state index contributed by atoms with van der Waals surface area (Å²) in [4.78, 5) is 23.6. The summed E-state index contributed by atoms with van der Waals surface area (Å²) in [6.07, 6.45) is 0. The van der Waals surface area contributed by atoms with Crippen molar-refractivity contribution in [3.05, 3.63) is 64.2 Å². The fourth-order valence-electron chi connectivity index (χ4n) is 2.32. The molecule has 0 aliphatic rings. The van der Waals surface area contributed by atoms with E-state index in [9.17, 15) is 9.59 Å². The van der Waals surface area contributed by atoms with Gasteiger partial charge in [0.25, 0.3) is 0 Å². The molecule has 2 aromatic carbocycles. The number of carbonyl (C=O) groups is 2. The molecular formula is C19H20ClNO3S. The van der Waals surface area contributed by atoms with E-state index in [2.05, 4.69) is 11.4 Å². The first-order chi connectivity index (χ1) is 11.9. The molecule has 6 heteroatoms. The van der Waals surface area contributed by atoms with Gasteiger partial charge < -0.3 is 10.1 Å². The lowest BCUT2D eigenvalue weighted by Crippen LogP contribution is -2.16. The van der Waals surface area contributed by atoms with E-state index in [4.69, 9.17) is 16.3 Å². The van der Waals surface area contributed by atoms with Gasteiger partial charge >= 0.3 is 5.97 Å². The first-order valence-corrected chi connectivity index (χ1v) is 9.31. The summed E-state index contributed by atoms with van der Waals surface area (Å²) in [5, 5.41) is 3.35. The van der Waals surface area contributed by atoms with Crippen molar-refractivity contribution >= 4 is 40.9 Å². The van der Waals surface area contributed by atoms with Crippen molar-refractivity contribution in [3.63, 3.8) is 0 Å². The second-order valence-corrected chi connectivity index (χ2v) is 7.13. The number of benzene rings is 2. The number of carbonyl (C=O) groups excluding carboxylic acids is 2. The van der Waals surface area contributed by atoms with Crippen LogP contribution in [-0.4, -0.2) is 23.4 Å². The Morgan fingerprint density at radius 1 is 1.04 bits per heavy atom. The number of aryl methyl sites for hydroxylation is 2. The van der Waals surface area contributed by atoms with Crippen LogP contribution >= 0.6 is 23.4 Å². The van der Waals surface area contributed by atoms with Gasteiger partial charge in [0.15, 0.2) is 0 Å². The van der Waals surface area contributed by atoms with E-state index in [0.29, 0.717) is 10.7 Å². The Morgan fingerprint density at radius 3 is 2.32 bits per heavy atom. The predicted molar refractivity (Wildman–Crippen MR) is 103 cm³/mol. The second kappa shape index (κ2) is 9.49. The smallest absolute Gasteiger partial charge is 0.316 e. The molecule has 132 valence electrons. The molecule has 0 atom stereocenters. The highest BCUT2D eigenvalue weighted by Gasteiger charge is 2.08. The van der Waals surface area contributed by atoms with Crippen molar-refractivity contribution in [1.82, 2.24) is 0 Å². The lowest BCUT2D eigenvalue weighted by Gasteiger charge is -2.07. The van der Waals surface area contributed by atoms with Crippen LogP contribution in [-0.2, 0) is 20.9 Å². The van der Waals surface area contributed by atoms with Crippen LogP contribution in [0.2, 0.25) is 5.02 Å². The average molecular weight is 378 g/mol. The molecule has 25 heavy (non-hydrogen) atoms. The third-order valence-electron chi connectivity index (χ3n) is 3.26. The van der Waals surface area contributed by atoms with Gasteiger partial charge in [0, 0.05) is 10.7 Å². The van der Waals surface area contributed by atoms with Crippen molar-refractivity contribution in [2.75, 3.05) is 16.8 Å². The van der Waals surface area contributed by atoms with Crippen LogP contribution in [0.4, 0.5) is 5.69 Å². The van der Waals surface area contributed by atoms with E-state index >= 15 is 0 Å². The molecular weight excluding hydrogens is 358 g/mol. The monoisotopic (exact) mass is 377 g/mol. The van der Waals surface area contributed by atoms with Gasteiger partial charge in [0.2, 0.25) is 5.91 Å². The lowest BCUT2D eigenvalue weighted by molar-refractivity contribution is -0.141. The summed E-state index contributed by atoms with van der Waals surface area (Å²) in [6, 6.07) is 12.9. The molecule has 1 amide bonds. The number of amides is 1. The SMILES string of the molecule is Cc1cc(C)cc(COC(=O)CSCC(=O)Nc2ccc(Cl)cc2)c1. The standard InChI is InChI=1S/C19H20ClNO3S/c1-13-7-14(2)9-15(8-13)10-24-19(23)12-25-11-18(22)21-17-5-3-16(20)4-6-17/h3-9H,10-12H2,1-2H3,(H,21,22). The molecule has 0 heterocycles. The highest BCUT2D eigenvalue weighted by molar-refractivity contribution is 8.00. The van der Waals surface area contributed by atoms with Crippen molar-refractivity contribution in [2.24, 2.45) is 0 Å². The predicted octanol–water partition coefficient (Wildman–Crippen LogP) is 4.37. The Balaban J connectivity index is 1.67. The summed E-state index contributed by atoms with van der Waals surface area (Å²) in [5.74, 6) is -0.182. The fourth-order valence-corrected chi connectivity index (χ4v) is 3.05. The average Bonchev–Trinajstić information content (AvgIpc) is 2.54. The molecule has 0 unspecified atom stereocenters. The van der Waals surface area contributed by atoms with Crippen molar-refractivity contribution in [1.29, 1.82) is 0 Å². The summed E-state index contributed by atoms with van der Waals surface area (Å²) >= 11 is 7.01. The Bertz CT molecular complexity index is 727. The number of halogens is 1. The second-order valence-electron chi connectivity index (χ2n) is 5.70. The van der Waals surface area contributed by atoms with Crippen molar-refractivity contribution in [3.8, 4) is 0 Å². The van der Waals surface area contributed by atoms with Gasteiger partial charge in [-0.15, -0.1) is 11.8 Å². The maximum Gasteiger partial charge on any atom is 0.316 e. The molecule has 0 aliphatic carbocycles. The summed E-state index contributed by atoms with van der Waals surface area (Å²) in [7, 11) is 0. The summed E-state index contributed by atoms with van der Waals surface area (Å²) < 4.78 is 5.25. The van der Waals surface area contributed by atoms with Gasteiger partial charge in [-0.1, -0.05) is 40.9 Å². The fraction of sp³-hybridized carbons (Fsp3) is 0.263. The van der Waals surface area contributed by atoms with Crippen LogP contribution in [0.25, 0.3) is 0 Å². The molecule has 1 N–H and O–H groups in total. The molecule has 2 aromatic rings. The minimum absolute atomic E-state index is 0.138. The first-order valence-electron chi connectivity index (χ1n) is 7.78. The quantitative estimate of drug-likeness (QED) is 0.728. The minimum atomic E-state index is -0.330. The zero-order valence-corrected chi connectivity index (χ0v) is 15.7. The topological polar surface area (TPSA) is 55.4 Å². The van der Waals surface area contributed by atoms with Gasteiger partial charge in [0.1, 0.15) is 6.61 Å². The largest absolute Gasteiger partial charge is 0.460 e. The van der Waals surface area contributed by atoms with Gasteiger partial charge in [-0.2, -0.15) is 0 Å². The molecule has 0 fully saturated rings. The minimum Gasteiger partial charge on any atom is -0.460 e. The number of hydrogen-bond donors (Lipinski definition) is 1. The van der Waals surface area contributed by atoms with Gasteiger partial charge in [-0.3, -0.25) is 9.59 Å². The molecule has 0 saturated heterocycles. The zero-order valence-electron chi connectivity index (χ0n) is 14.2. The third kappa shape index (κ3) is 7.20. The van der Waals surface area contributed by atoms with Gasteiger partial charge in [-0.25, -0.2) is 0 Å². The molecule has 0 radical (unpaired) electrons. The number of thioether (sulfide) groups is 1.